The van der Waals surface area contributed by atoms with Gasteiger partial charge < -0.3 is 24.7 Å². The molecule has 1 heterocycles. The van der Waals surface area contributed by atoms with Crippen molar-refractivity contribution in [1.29, 1.82) is 0 Å². The summed E-state index contributed by atoms with van der Waals surface area (Å²) in [5.41, 5.74) is 2.53. The minimum Gasteiger partial charge on any atom is -0.473 e. The lowest BCUT2D eigenvalue weighted by molar-refractivity contribution is -0.159. The fraction of sp³-hybridized carbons (Fsp3) is 0.481. The maximum atomic E-state index is 9.10. The number of carboxylic acid groups (broad SMARTS) is 2. The van der Waals surface area contributed by atoms with Gasteiger partial charge in [0.2, 0.25) is 0 Å². The van der Waals surface area contributed by atoms with Crippen LogP contribution in [0.3, 0.4) is 0 Å². The predicted octanol–water partition coefficient (Wildman–Crippen LogP) is 4.90. The zero-order valence-corrected chi connectivity index (χ0v) is 20.3. The number of carbonyl (C=O) groups is 2. The van der Waals surface area contributed by atoms with Gasteiger partial charge in [-0.25, -0.2) is 9.59 Å². The molecule has 1 fully saturated rings. The Bertz CT molecular complexity index is 795. The molecule has 0 saturated carbocycles. The molecular weight excluding hydrogens is 432 g/mol. The van der Waals surface area contributed by atoms with Crippen molar-refractivity contribution in [3.63, 3.8) is 0 Å². The summed E-state index contributed by atoms with van der Waals surface area (Å²) < 4.78 is 5.92. The van der Waals surface area contributed by atoms with Crippen molar-refractivity contribution in [3.05, 3.63) is 60.7 Å². The maximum absolute atomic E-state index is 9.10. The summed E-state index contributed by atoms with van der Waals surface area (Å²) in [6.07, 6.45) is 6.68. The van der Waals surface area contributed by atoms with Crippen LogP contribution in [0.5, 0.6) is 0 Å². The summed E-state index contributed by atoms with van der Waals surface area (Å²) in [5.74, 6) is -3.02. The van der Waals surface area contributed by atoms with E-state index in [1.165, 1.54) is 50.1 Å². The van der Waals surface area contributed by atoms with Crippen LogP contribution in [0.1, 0.15) is 39.0 Å². The highest BCUT2D eigenvalue weighted by Crippen LogP contribution is 2.29. The number of anilines is 2. The second kappa shape index (κ2) is 15.1. The SMILES string of the molecule is CCCCCN1CC[C@H](CCN(c2ccccc2)c2ccccc2)[C@H](OC)C1.O=C(O)C(=O)O. The van der Waals surface area contributed by atoms with Gasteiger partial charge >= 0.3 is 11.9 Å². The smallest absolute Gasteiger partial charge is 0.414 e. The van der Waals surface area contributed by atoms with Crippen LogP contribution >= 0.6 is 0 Å². The lowest BCUT2D eigenvalue weighted by atomic mass is 9.90. The van der Waals surface area contributed by atoms with Gasteiger partial charge in [0.25, 0.3) is 0 Å². The third-order valence-corrected chi connectivity index (χ3v) is 6.20. The van der Waals surface area contributed by atoms with Crippen LogP contribution < -0.4 is 4.90 Å². The summed E-state index contributed by atoms with van der Waals surface area (Å²) >= 11 is 0. The standard InChI is InChI=1S/C25H36N2O.C2H2O4/c1-3-4-11-18-26-19-16-22(25(21-26)28-2)17-20-27(23-12-7-5-8-13-23)24-14-9-6-10-15-24;3-1(4)2(5)6/h5-10,12-15,22,25H,3-4,11,16-21H2,1-2H3;(H,3,4)(H,5,6)/t22-,25-;/m1./s1. The van der Waals surface area contributed by atoms with Crippen LogP contribution in [-0.4, -0.2) is 66.4 Å². The third-order valence-electron chi connectivity index (χ3n) is 6.20. The number of benzene rings is 2. The first kappa shape index (κ1) is 27.3. The Morgan fingerprint density at radius 1 is 0.971 bits per heavy atom. The topological polar surface area (TPSA) is 90.3 Å². The Labute approximate surface area is 203 Å². The maximum Gasteiger partial charge on any atom is 0.414 e. The Balaban J connectivity index is 0.000000604. The third kappa shape index (κ3) is 9.15. The van der Waals surface area contributed by atoms with Gasteiger partial charge in [-0.2, -0.15) is 0 Å². The van der Waals surface area contributed by atoms with Crippen LogP contribution in [0.4, 0.5) is 11.4 Å². The van der Waals surface area contributed by atoms with Gasteiger partial charge in [-0.15, -0.1) is 0 Å². The van der Waals surface area contributed by atoms with Crippen molar-refractivity contribution in [2.75, 3.05) is 38.2 Å². The van der Waals surface area contributed by atoms with Crippen molar-refractivity contribution in [1.82, 2.24) is 4.90 Å². The van der Waals surface area contributed by atoms with Crippen molar-refractivity contribution >= 4 is 23.3 Å². The van der Waals surface area contributed by atoms with Gasteiger partial charge in [0.05, 0.1) is 6.10 Å². The van der Waals surface area contributed by atoms with Crippen LogP contribution in [-0.2, 0) is 14.3 Å². The summed E-state index contributed by atoms with van der Waals surface area (Å²) in [4.78, 5) is 23.2. The van der Waals surface area contributed by atoms with E-state index in [1.807, 2.05) is 7.11 Å². The number of rotatable bonds is 10. The number of carboxylic acids is 2. The van der Waals surface area contributed by atoms with Crippen molar-refractivity contribution in [3.8, 4) is 0 Å². The summed E-state index contributed by atoms with van der Waals surface area (Å²) in [5, 5.41) is 14.8. The highest BCUT2D eigenvalue weighted by atomic mass is 16.5. The predicted molar refractivity (Wildman–Crippen MR) is 135 cm³/mol. The fourth-order valence-corrected chi connectivity index (χ4v) is 4.33. The number of methoxy groups -OCH3 is 1. The molecule has 0 aromatic heterocycles. The highest BCUT2D eigenvalue weighted by molar-refractivity contribution is 6.27. The van der Waals surface area contributed by atoms with Crippen LogP contribution in [0.25, 0.3) is 0 Å². The number of para-hydroxylation sites is 2. The Hall–Kier alpha value is -2.90. The van der Waals surface area contributed by atoms with Crippen molar-refractivity contribution in [2.24, 2.45) is 5.92 Å². The van der Waals surface area contributed by atoms with E-state index in [9.17, 15) is 0 Å². The number of ether oxygens (including phenoxy) is 1. The number of piperidine rings is 1. The molecule has 1 aliphatic heterocycles. The minimum absolute atomic E-state index is 0.351. The van der Waals surface area contributed by atoms with E-state index in [4.69, 9.17) is 24.5 Å². The molecule has 3 rings (SSSR count). The lowest BCUT2D eigenvalue weighted by Crippen LogP contribution is -2.45. The highest BCUT2D eigenvalue weighted by Gasteiger charge is 2.29. The molecule has 7 heteroatoms. The van der Waals surface area contributed by atoms with Crippen LogP contribution in [0.2, 0.25) is 0 Å². The Morgan fingerprint density at radius 3 is 2.00 bits per heavy atom. The Kier molecular flexibility index (Phi) is 12.1. The van der Waals surface area contributed by atoms with Gasteiger partial charge in [-0.1, -0.05) is 56.2 Å². The van der Waals surface area contributed by atoms with E-state index in [0.717, 1.165) is 19.5 Å². The van der Waals surface area contributed by atoms with E-state index in [1.54, 1.807) is 0 Å². The second-order valence-electron chi connectivity index (χ2n) is 8.55. The van der Waals surface area contributed by atoms with E-state index >= 15 is 0 Å². The van der Waals surface area contributed by atoms with E-state index < -0.39 is 11.9 Å². The quantitative estimate of drug-likeness (QED) is 0.377. The number of unbranched alkanes of at least 4 members (excludes halogenated alkanes) is 2. The van der Waals surface area contributed by atoms with E-state index in [-0.39, 0.29) is 0 Å². The van der Waals surface area contributed by atoms with Gasteiger partial charge in [0, 0.05) is 31.6 Å². The first-order valence-electron chi connectivity index (χ1n) is 12.0. The second-order valence-corrected chi connectivity index (χ2v) is 8.55. The molecule has 186 valence electrons. The monoisotopic (exact) mass is 470 g/mol. The molecule has 2 N–H and O–H groups in total. The fourth-order valence-electron chi connectivity index (χ4n) is 4.33. The molecular formula is C27H38N2O5. The number of aliphatic carboxylic acids is 2. The minimum atomic E-state index is -1.82. The molecule has 0 bridgehead atoms. The molecule has 2 aromatic carbocycles. The van der Waals surface area contributed by atoms with Crippen LogP contribution in [0.15, 0.2) is 60.7 Å². The molecule has 2 atom stereocenters. The molecule has 7 nitrogen and oxygen atoms in total. The summed E-state index contributed by atoms with van der Waals surface area (Å²) in [7, 11) is 1.89. The molecule has 0 unspecified atom stereocenters. The first-order chi connectivity index (χ1) is 16.5. The summed E-state index contributed by atoms with van der Waals surface area (Å²) in [6, 6.07) is 21.5. The number of hydrogen-bond acceptors (Lipinski definition) is 5. The molecule has 2 aromatic rings. The van der Waals surface area contributed by atoms with Crippen molar-refractivity contribution in [2.45, 2.75) is 45.1 Å². The van der Waals surface area contributed by atoms with E-state index in [0.29, 0.717) is 12.0 Å². The molecule has 1 aliphatic rings. The number of nitrogens with zero attached hydrogens (tertiary/aromatic N) is 2. The first-order valence-corrected chi connectivity index (χ1v) is 12.0. The number of hydrogen-bond donors (Lipinski definition) is 2. The average Bonchev–Trinajstić information content (AvgIpc) is 2.86. The van der Waals surface area contributed by atoms with E-state index in [2.05, 4.69) is 77.4 Å². The molecule has 0 spiro atoms. The zero-order valence-electron chi connectivity index (χ0n) is 20.3. The molecule has 0 amide bonds. The van der Waals surface area contributed by atoms with Gasteiger partial charge in [-0.05, 0) is 62.5 Å². The molecule has 1 saturated heterocycles. The van der Waals surface area contributed by atoms with Crippen LogP contribution in [0, 0.1) is 5.92 Å². The summed E-state index contributed by atoms with van der Waals surface area (Å²) in [6.45, 7) is 6.82. The molecule has 34 heavy (non-hydrogen) atoms. The Morgan fingerprint density at radius 2 is 1.53 bits per heavy atom. The van der Waals surface area contributed by atoms with Gasteiger partial charge in [-0.3, -0.25) is 0 Å². The zero-order chi connectivity index (χ0) is 24.8. The van der Waals surface area contributed by atoms with Crippen molar-refractivity contribution < 1.29 is 24.5 Å². The van der Waals surface area contributed by atoms with Gasteiger partial charge in [0.1, 0.15) is 0 Å². The van der Waals surface area contributed by atoms with Gasteiger partial charge in [0.15, 0.2) is 0 Å². The molecule has 0 aliphatic carbocycles. The largest absolute Gasteiger partial charge is 0.473 e. The molecule has 0 radical (unpaired) electrons. The normalized spacial score (nSPS) is 17.9. The number of likely N-dealkylation sites (tertiary alicyclic amines) is 1. The average molecular weight is 471 g/mol. The lowest BCUT2D eigenvalue weighted by Gasteiger charge is -2.39.